The topological polar surface area (TPSA) is 74.6 Å². The largest absolute Gasteiger partial charge is 0.481 e. The van der Waals surface area contributed by atoms with Gasteiger partial charge in [0.05, 0.1) is 5.52 Å². The van der Waals surface area contributed by atoms with E-state index in [4.69, 9.17) is 5.11 Å². The van der Waals surface area contributed by atoms with E-state index in [2.05, 4.69) is 22.0 Å². The Hall–Kier alpha value is -3.35. The number of halogens is 1. The molecule has 0 aliphatic carbocycles. The lowest BCUT2D eigenvalue weighted by atomic mass is 10.0. The summed E-state index contributed by atoms with van der Waals surface area (Å²) in [7, 11) is 0. The van der Waals surface area contributed by atoms with Crippen molar-refractivity contribution in [3.8, 4) is 5.69 Å². The fourth-order valence-electron chi connectivity index (χ4n) is 4.43. The van der Waals surface area contributed by atoms with E-state index in [-0.39, 0.29) is 18.3 Å². The number of urea groups is 1. The number of aromatic nitrogens is 1. The first kappa shape index (κ1) is 21.9. The minimum absolute atomic E-state index is 0.0696. The van der Waals surface area contributed by atoms with Crippen LogP contribution in [-0.4, -0.2) is 39.7 Å². The Morgan fingerprint density at radius 3 is 2.53 bits per heavy atom. The Morgan fingerprint density at radius 2 is 1.75 bits per heavy atom. The SMILES string of the molecule is O=C(O)CCCCCCNC(=O)N1CCc2c(c3ccccc3n2-c2ccc(F)cc2)C1. The second kappa shape index (κ2) is 9.85. The predicted molar refractivity (Wildman–Crippen MR) is 121 cm³/mol. The van der Waals surface area contributed by atoms with Gasteiger partial charge in [0, 0.05) is 54.8 Å². The molecule has 0 fully saturated rings. The van der Waals surface area contributed by atoms with Crippen LogP contribution < -0.4 is 5.32 Å². The zero-order valence-electron chi connectivity index (χ0n) is 18.0. The summed E-state index contributed by atoms with van der Waals surface area (Å²) in [6.07, 6.45) is 4.21. The molecule has 0 bridgehead atoms. The van der Waals surface area contributed by atoms with Gasteiger partial charge in [-0.1, -0.05) is 31.0 Å². The average Bonchev–Trinajstić information content (AvgIpc) is 3.12. The van der Waals surface area contributed by atoms with Crippen LogP contribution in [-0.2, 0) is 17.8 Å². The quantitative estimate of drug-likeness (QED) is 0.494. The Kier molecular flexibility index (Phi) is 6.73. The van der Waals surface area contributed by atoms with Gasteiger partial charge in [-0.3, -0.25) is 4.79 Å². The van der Waals surface area contributed by atoms with Gasteiger partial charge in [0.1, 0.15) is 5.82 Å². The Bertz CT molecular complexity index is 1110. The molecule has 1 aliphatic rings. The molecule has 7 heteroatoms. The number of para-hydroxylation sites is 1. The first-order valence-corrected chi connectivity index (χ1v) is 11.2. The molecule has 0 saturated carbocycles. The van der Waals surface area contributed by atoms with Crippen LogP contribution in [0, 0.1) is 5.82 Å². The molecular weight excluding hydrogens is 409 g/mol. The molecule has 3 aromatic rings. The summed E-state index contributed by atoms with van der Waals surface area (Å²) < 4.78 is 15.6. The molecular formula is C25H28FN3O3. The molecule has 0 radical (unpaired) electrons. The van der Waals surface area contributed by atoms with Gasteiger partial charge < -0.3 is 19.9 Å². The summed E-state index contributed by atoms with van der Waals surface area (Å²) in [4.78, 5) is 25.1. The first-order valence-electron chi connectivity index (χ1n) is 11.2. The third-order valence-corrected chi connectivity index (χ3v) is 6.02. The molecule has 2 N–H and O–H groups in total. The van der Waals surface area contributed by atoms with Crippen LogP contribution in [0.2, 0.25) is 0 Å². The van der Waals surface area contributed by atoms with Crippen molar-refractivity contribution in [3.63, 3.8) is 0 Å². The minimum atomic E-state index is -0.761. The van der Waals surface area contributed by atoms with Gasteiger partial charge in [-0.2, -0.15) is 0 Å². The fraction of sp³-hybridized carbons (Fsp3) is 0.360. The summed E-state index contributed by atoms with van der Waals surface area (Å²) in [6, 6.07) is 14.6. The molecule has 0 spiro atoms. The molecule has 2 amide bonds. The summed E-state index contributed by atoms with van der Waals surface area (Å²) >= 11 is 0. The van der Waals surface area contributed by atoms with Crippen molar-refractivity contribution in [2.45, 2.75) is 45.1 Å². The average molecular weight is 438 g/mol. The van der Waals surface area contributed by atoms with E-state index in [1.165, 1.54) is 17.8 Å². The lowest BCUT2D eigenvalue weighted by molar-refractivity contribution is -0.137. The summed E-state index contributed by atoms with van der Waals surface area (Å²) in [5.41, 5.74) is 4.29. The van der Waals surface area contributed by atoms with Gasteiger partial charge in [0.15, 0.2) is 0 Å². The van der Waals surface area contributed by atoms with Gasteiger partial charge in [0.2, 0.25) is 0 Å². The van der Waals surface area contributed by atoms with Gasteiger partial charge >= 0.3 is 12.0 Å². The van der Waals surface area contributed by atoms with Crippen molar-refractivity contribution >= 4 is 22.9 Å². The highest BCUT2D eigenvalue weighted by molar-refractivity contribution is 5.88. The molecule has 0 atom stereocenters. The highest BCUT2D eigenvalue weighted by Gasteiger charge is 2.26. The normalized spacial score (nSPS) is 13.2. The number of hydrogen-bond acceptors (Lipinski definition) is 2. The number of amides is 2. The zero-order chi connectivity index (χ0) is 22.5. The van der Waals surface area contributed by atoms with Crippen LogP contribution in [0.1, 0.15) is 43.4 Å². The van der Waals surface area contributed by atoms with Crippen LogP contribution in [0.15, 0.2) is 48.5 Å². The number of carboxylic acid groups (broad SMARTS) is 1. The molecule has 168 valence electrons. The van der Waals surface area contributed by atoms with E-state index >= 15 is 0 Å². The predicted octanol–water partition coefficient (Wildman–Crippen LogP) is 4.87. The van der Waals surface area contributed by atoms with Gasteiger partial charge in [-0.05, 0) is 43.2 Å². The highest BCUT2D eigenvalue weighted by atomic mass is 19.1. The van der Waals surface area contributed by atoms with Crippen molar-refractivity contribution < 1.29 is 19.1 Å². The third-order valence-electron chi connectivity index (χ3n) is 6.02. The monoisotopic (exact) mass is 437 g/mol. The number of carboxylic acids is 1. The zero-order valence-corrected chi connectivity index (χ0v) is 18.0. The van der Waals surface area contributed by atoms with Gasteiger partial charge in [0.25, 0.3) is 0 Å². The van der Waals surface area contributed by atoms with Crippen molar-refractivity contribution in [1.29, 1.82) is 0 Å². The number of fused-ring (bicyclic) bond motifs is 3. The van der Waals surface area contributed by atoms with Crippen molar-refractivity contribution in [2.24, 2.45) is 0 Å². The Morgan fingerprint density at radius 1 is 1.00 bits per heavy atom. The van der Waals surface area contributed by atoms with E-state index in [1.54, 1.807) is 12.1 Å². The van der Waals surface area contributed by atoms with Crippen molar-refractivity contribution in [1.82, 2.24) is 14.8 Å². The van der Waals surface area contributed by atoms with Crippen LogP contribution in [0.3, 0.4) is 0 Å². The number of hydrogen-bond donors (Lipinski definition) is 2. The molecule has 2 aromatic carbocycles. The minimum Gasteiger partial charge on any atom is -0.481 e. The number of nitrogens with one attached hydrogen (secondary N) is 1. The van der Waals surface area contributed by atoms with Crippen molar-refractivity contribution in [2.75, 3.05) is 13.1 Å². The van der Waals surface area contributed by atoms with E-state index in [1.807, 2.05) is 17.0 Å². The van der Waals surface area contributed by atoms with Crippen LogP contribution >= 0.6 is 0 Å². The van der Waals surface area contributed by atoms with Gasteiger partial charge in [-0.25, -0.2) is 9.18 Å². The molecule has 6 nitrogen and oxygen atoms in total. The molecule has 4 rings (SSSR count). The van der Waals surface area contributed by atoms with E-state index in [0.717, 1.165) is 47.8 Å². The fourth-order valence-corrected chi connectivity index (χ4v) is 4.43. The number of rotatable bonds is 8. The van der Waals surface area contributed by atoms with E-state index < -0.39 is 5.97 Å². The number of carbonyl (C=O) groups is 2. The summed E-state index contributed by atoms with van der Waals surface area (Å²) in [5, 5.41) is 12.8. The number of carbonyl (C=O) groups excluding carboxylic acids is 1. The molecule has 2 heterocycles. The number of unbranched alkanes of at least 4 members (excludes halogenated alkanes) is 3. The summed E-state index contributed by atoms with van der Waals surface area (Å²) in [5.74, 6) is -1.02. The maximum absolute atomic E-state index is 13.5. The van der Waals surface area contributed by atoms with Crippen LogP contribution in [0.5, 0.6) is 0 Å². The maximum atomic E-state index is 13.5. The second-order valence-electron chi connectivity index (χ2n) is 8.22. The van der Waals surface area contributed by atoms with Gasteiger partial charge in [-0.15, -0.1) is 0 Å². The molecule has 1 aliphatic heterocycles. The number of aliphatic carboxylic acids is 1. The van der Waals surface area contributed by atoms with E-state index in [9.17, 15) is 14.0 Å². The number of benzene rings is 2. The lowest BCUT2D eigenvalue weighted by Gasteiger charge is -2.28. The standard InChI is InChI=1S/C25H28FN3O3/c26-18-10-12-19(13-11-18)29-22-8-5-4-7-20(22)21-17-28(16-14-23(21)29)25(32)27-15-6-2-1-3-9-24(30)31/h4-5,7-8,10-13H,1-3,6,9,14-17H2,(H,27,32)(H,30,31). The molecule has 32 heavy (non-hydrogen) atoms. The molecule has 0 unspecified atom stereocenters. The Balaban J connectivity index is 1.43. The number of nitrogens with zero attached hydrogens (tertiary/aromatic N) is 2. The second-order valence-corrected chi connectivity index (χ2v) is 8.22. The van der Waals surface area contributed by atoms with Crippen molar-refractivity contribution in [3.05, 3.63) is 65.6 Å². The van der Waals surface area contributed by atoms with Crippen LogP contribution in [0.25, 0.3) is 16.6 Å². The lowest BCUT2D eigenvalue weighted by Crippen LogP contribution is -2.43. The van der Waals surface area contributed by atoms with Crippen LogP contribution in [0.4, 0.5) is 9.18 Å². The molecule has 0 saturated heterocycles. The Labute approximate surface area is 186 Å². The first-order chi connectivity index (χ1) is 15.5. The van der Waals surface area contributed by atoms with E-state index in [0.29, 0.717) is 26.1 Å². The maximum Gasteiger partial charge on any atom is 0.317 e. The highest BCUT2D eigenvalue weighted by Crippen LogP contribution is 2.33. The third kappa shape index (κ3) is 4.77. The smallest absolute Gasteiger partial charge is 0.317 e. The summed E-state index contributed by atoms with van der Waals surface area (Å²) in [6.45, 7) is 1.75. The molecule has 1 aromatic heterocycles.